The lowest BCUT2D eigenvalue weighted by molar-refractivity contribution is -0.0504. The molecule has 2 aromatic rings. The predicted molar refractivity (Wildman–Crippen MR) is 107 cm³/mol. The number of aromatic nitrogens is 1. The van der Waals surface area contributed by atoms with E-state index >= 15 is 0 Å². The summed E-state index contributed by atoms with van der Waals surface area (Å²) in [5.74, 6) is 1.71. The maximum absolute atomic E-state index is 12.7. The first-order valence-corrected chi connectivity index (χ1v) is 9.27. The van der Waals surface area contributed by atoms with Crippen molar-refractivity contribution in [3.05, 3.63) is 47.7 Å². The number of benzene rings is 1. The number of ether oxygens (including phenoxy) is 3. The molecule has 1 heterocycles. The van der Waals surface area contributed by atoms with Gasteiger partial charge in [0.15, 0.2) is 5.96 Å². The Morgan fingerprint density at radius 3 is 2.69 bits per heavy atom. The van der Waals surface area contributed by atoms with E-state index in [1.807, 2.05) is 26.0 Å². The fraction of sp³-hybridized carbons (Fsp3) is 0.400. The molecule has 0 aliphatic carbocycles. The minimum Gasteiger partial charge on any atom is -0.497 e. The highest BCUT2D eigenvalue weighted by atomic mass is 19.3. The average Bonchev–Trinajstić information content (AvgIpc) is 2.71. The summed E-state index contributed by atoms with van der Waals surface area (Å²) in [5.41, 5.74) is 1.46. The Hall–Kier alpha value is -3.10. The number of aliphatic imine (C=N–C) groups is 1. The van der Waals surface area contributed by atoms with Crippen molar-refractivity contribution in [3.8, 4) is 17.4 Å². The zero-order chi connectivity index (χ0) is 21.1. The molecule has 158 valence electrons. The van der Waals surface area contributed by atoms with Crippen LogP contribution in [0.5, 0.6) is 17.4 Å². The summed E-state index contributed by atoms with van der Waals surface area (Å²) < 4.78 is 40.5. The zero-order valence-electron chi connectivity index (χ0n) is 16.7. The number of nitrogens with one attached hydrogen (secondary N) is 2. The van der Waals surface area contributed by atoms with Crippen molar-refractivity contribution in [1.82, 2.24) is 15.6 Å². The van der Waals surface area contributed by atoms with E-state index in [9.17, 15) is 8.78 Å². The smallest absolute Gasteiger partial charge is 0.387 e. The van der Waals surface area contributed by atoms with Crippen molar-refractivity contribution < 1.29 is 23.0 Å². The van der Waals surface area contributed by atoms with Gasteiger partial charge in [0, 0.05) is 30.9 Å². The summed E-state index contributed by atoms with van der Waals surface area (Å²) in [5, 5.41) is 6.25. The van der Waals surface area contributed by atoms with Crippen LogP contribution >= 0.6 is 0 Å². The third-order valence-electron chi connectivity index (χ3n) is 3.79. The van der Waals surface area contributed by atoms with E-state index in [-0.39, 0.29) is 12.3 Å². The van der Waals surface area contributed by atoms with Crippen LogP contribution in [0.1, 0.15) is 25.0 Å². The third-order valence-corrected chi connectivity index (χ3v) is 3.79. The normalized spacial score (nSPS) is 11.3. The van der Waals surface area contributed by atoms with Gasteiger partial charge in [-0.25, -0.2) is 9.98 Å². The molecule has 0 fully saturated rings. The number of hydrogen-bond acceptors (Lipinski definition) is 5. The van der Waals surface area contributed by atoms with Gasteiger partial charge in [-0.2, -0.15) is 8.78 Å². The number of guanidine groups is 1. The number of halogens is 2. The molecule has 9 heteroatoms. The lowest BCUT2D eigenvalue weighted by atomic mass is 10.2. The van der Waals surface area contributed by atoms with Crippen LogP contribution in [-0.2, 0) is 13.1 Å². The van der Waals surface area contributed by atoms with Gasteiger partial charge in [-0.15, -0.1) is 0 Å². The highest BCUT2D eigenvalue weighted by Crippen LogP contribution is 2.25. The highest BCUT2D eigenvalue weighted by molar-refractivity contribution is 5.79. The molecule has 29 heavy (non-hydrogen) atoms. The summed E-state index contributed by atoms with van der Waals surface area (Å²) in [6, 6.07) is 8.35. The van der Waals surface area contributed by atoms with Crippen LogP contribution in [-0.4, -0.2) is 37.8 Å². The quantitative estimate of drug-likeness (QED) is 0.464. The lowest BCUT2D eigenvalue weighted by Crippen LogP contribution is -2.36. The van der Waals surface area contributed by atoms with Gasteiger partial charge in [0.05, 0.1) is 20.3 Å². The van der Waals surface area contributed by atoms with Crippen molar-refractivity contribution in [3.63, 3.8) is 0 Å². The van der Waals surface area contributed by atoms with Crippen molar-refractivity contribution in [2.75, 3.05) is 20.3 Å². The van der Waals surface area contributed by atoms with Crippen LogP contribution in [0.25, 0.3) is 0 Å². The van der Waals surface area contributed by atoms with Crippen LogP contribution in [0, 0.1) is 0 Å². The lowest BCUT2D eigenvalue weighted by Gasteiger charge is -2.15. The van der Waals surface area contributed by atoms with E-state index < -0.39 is 6.61 Å². The van der Waals surface area contributed by atoms with Gasteiger partial charge in [-0.1, -0.05) is 0 Å². The maximum Gasteiger partial charge on any atom is 0.387 e. The molecule has 0 saturated heterocycles. The minimum atomic E-state index is -2.91. The van der Waals surface area contributed by atoms with E-state index in [0.717, 1.165) is 5.56 Å². The van der Waals surface area contributed by atoms with E-state index in [4.69, 9.17) is 9.47 Å². The number of hydrogen-bond donors (Lipinski definition) is 2. The molecule has 0 spiro atoms. The number of pyridine rings is 1. The standard InChI is InChI=1S/C20H26F2N4O3/c1-4-23-20(25-12-14-8-9-24-18(10-14)28-5-2)26-13-15-11-16(27-3)6-7-17(15)29-19(21)22/h6-11,19H,4-5,12-13H2,1-3H3,(H2,23,25,26). The van der Waals surface area contributed by atoms with Gasteiger partial charge in [0.1, 0.15) is 11.5 Å². The SMILES string of the molecule is CCNC(=NCc1ccnc(OCC)c1)NCc1cc(OC)ccc1OC(F)F. The molecule has 0 atom stereocenters. The summed E-state index contributed by atoms with van der Waals surface area (Å²) >= 11 is 0. The van der Waals surface area contributed by atoms with Crippen LogP contribution < -0.4 is 24.8 Å². The molecule has 1 aromatic heterocycles. The van der Waals surface area contributed by atoms with Gasteiger partial charge in [-0.05, 0) is 43.7 Å². The van der Waals surface area contributed by atoms with Crippen molar-refractivity contribution in [2.24, 2.45) is 4.99 Å². The van der Waals surface area contributed by atoms with E-state index in [1.54, 1.807) is 18.3 Å². The second-order valence-corrected chi connectivity index (χ2v) is 5.84. The first kappa shape index (κ1) is 22.2. The topological polar surface area (TPSA) is 77.0 Å². The highest BCUT2D eigenvalue weighted by Gasteiger charge is 2.11. The molecule has 1 aromatic carbocycles. The van der Waals surface area contributed by atoms with Crippen LogP contribution in [0.15, 0.2) is 41.5 Å². The first-order valence-electron chi connectivity index (χ1n) is 9.27. The molecule has 7 nitrogen and oxygen atoms in total. The molecular formula is C20H26F2N4O3. The summed E-state index contributed by atoms with van der Waals surface area (Å²) in [6.45, 7) is 2.73. The second kappa shape index (κ2) is 11.7. The van der Waals surface area contributed by atoms with Gasteiger partial charge in [0.25, 0.3) is 0 Å². The number of rotatable bonds is 10. The molecule has 0 radical (unpaired) electrons. The molecule has 2 N–H and O–H groups in total. The molecule has 0 saturated carbocycles. The number of methoxy groups -OCH3 is 1. The van der Waals surface area contributed by atoms with E-state index in [0.29, 0.717) is 42.8 Å². The van der Waals surface area contributed by atoms with E-state index in [2.05, 4.69) is 25.3 Å². The fourth-order valence-electron chi connectivity index (χ4n) is 2.50. The van der Waals surface area contributed by atoms with Crippen LogP contribution in [0.4, 0.5) is 8.78 Å². The minimum absolute atomic E-state index is 0.0830. The third kappa shape index (κ3) is 7.44. The predicted octanol–water partition coefficient (Wildman–Crippen LogP) is 3.35. The van der Waals surface area contributed by atoms with Gasteiger partial charge in [0.2, 0.25) is 5.88 Å². The number of alkyl halides is 2. The second-order valence-electron chi connectivity index (χ2n) is 5.84. The van der Waals surface area contributed by atoms with Gasteiger partial charge < -0.3 is 24.8 Å². The monoisotopic (exact) mass is 408 g/mol. The molecule has 0 unspecified atom stereocenters. The van der Waals surface area contributed by atoms with Gasteiger partial charge in [-0.3, -0.25) is 0 Å². The van der Waals surface area contributed by atoms with Crippen molar-refractivity contribution in [1.29, 1.82) is 0 Å². The first-order chi connectivity index (χ1) is 14.0. The van der Waals surface area contributed by atoms with Crippen LogP contribution in [0.2, 0.25) is 0 Å². The molecule has 2 rings (SSSR count). The Bertz CT molecular complexity index is 803. The van der Waals surface area contributed by atoms with Crippen LogP contribution in [0.3, 0.4) is 0 Å². The van der Waals surface area contributed by atoms with Gasteiger partial charge >= 0.3 is 6.61 Å². The van der Waals surface area contributed by atoms with Crippen molar-refractivity contribution in [2.45, 2.75) is 33.5 Å². The van der Waals surface area contributed by atoms with E-state index in [1.165, 1.54) is 13.2 Å². The zero-order valence-corrected chi connectivity index (χ0v) is 16.7. The summed E-state index contributed by atoms with van der Waals surface area (Å²) in [6.07, 6.45) is 1.67. The number of nitrogens with zero attached hydrogens (tertiary/aromatic N) is 2. The average molecular weight is 408 g/mol. The Labute approximate surface area is 169 Å². The maximum atomic E-state index is 12.7. The Balaban J connectivity index is 2.10. The Kier molecular flexibility index (Phi) is 8.94. The summed E-state index contributed by atoms with van der Waals surface area (Å²) in [4.78, 5) is 8.65. The van der Waals surface area contributed by atoms with Crippen molar-refractivity contribution >= 4 is 5.96 Å². The molecule has 0 aliphatic heterocycles. The molecule has 0 bridgehead atoms. The Morgan fingerprint density at radius 1 is 1.17 bits per heavy atom. The Morgan fingerprint density at radius 2 is 2.00 bits per heavy atom. The molecule has 0 amide bonds. The molecular weight excluding hydrogens is 382 g/mol. The largest absolute Gasteiger partial charge is 0.497 e. The molecule has 0 aliphatic rings. The fourth-order valence-corrected chi connectivity index (χ4v) is 2.50. The summed E-state index contributed by atoms with van der Waals surface area (Å²) in [7, 11) is 1.51.